The summed E-state index contributed by atoms with van der Waals surface area (Å²) in [6, 6.07) is 2.75. The number of aromatic hydroxyl groups is 1. The number of aromatic nitrogens is 1. The first-order valence-corrected chi connectivity index (χ1v) is 20.6. The van der Waals surface area contributed by atoms with Gasteiger partial charge in [-0.2, -0.15) is 0 Å². The van der Waals surface area contributed by atoms with Crippen LogP contribution >= 0.6 is 0 Å². The van der Waals surface area contributed by atoms with Crippen LogP contribution in [0.5, 0.6) is 5.75 Å². The van der Waals surface area contributed by atoms with E-state index in [-0.39, 0.29) is 31.6 Å². The zero-order valence-electron chi connectivity index (χ0n) is 35.1. The van der Waals surface area contributed by atoms with Crippen LogP contribution in [0.3, 0.4) is 0 Å². The molecule has 2 aliphatic heterocycles. The summed E-state index contributed by atoms with van der Waals surface area (Å²) >= 11 is 0. The molecule has 1 aromatic heterocycles. The first kappa shape index (κ1) is 47.5. The van der Waals surface area contributed by atoms with Crippen LogP contribution in [0.4, 0.5) is 0 Å². The molecule has 3 aromatic rings. The highest BCUT2D eigenvalue weighted by Crippen LogP contribution is 2.22. The Hall–Kier alpha value is -6.58. The smallest absolute Gasteiger partial charge is 0.246 e. The Bertz CT molecular complexity index is 2160. The Kier molecular flexibility index (Phi) is 16.2. The van der Waals surface area contributed by atoms with E-state index in [1.807, 2.05) is 6.07 Å². The number of para-hydroxylation sites is 1. The summed E-state index contributed by atoms with van der Waals surface area (Å²) in [5.41, 5.74) is 1.82. The molecule has 8 atom stereocenters. The minimum absolute atomic E-state index is 0.0534. The predicted molar refractivity (Wildman–Crippen MR) is 224 cm³/mol. The number of nitrogens with zero attached hydrogens (tertiary/aromatic N) is 1. The summed E-state index contributed by atoms with van der Waals surface area (Å²) in [6.07, 6.45) is 0.289. The number of aliphatic hydroxyl groups is 3. The molecule has 0 aliphatic carbocycles. The molecular weight excluding hydrogens is 823 g/mol. The van der Waals surface area contributed by atoms with Crippen LogP contribution in [0, 0.1) is 5.92 Å². The number of phenols is 1. The number of amides is 8. The van der Waals surface area contributed by atoms with Crippen LogP contribution in [0.15, 0.2) is 54.7 Å². The molecule has 2 aromatic carbocycles. The molecule has 2 aliphatic rings. The zero-order chi connectivity index (χ0) is 46.0. The van der Waals surface area contributed by atoms with E-state index in [0.717, 1.165) is 10.9 Å². The quantitative estimate of drug-likeness (QED) is 0.106. The lowest BCUT2D eigenvalue weighted by molar-refractivity contribution is -0.143. The number of aromatic amines is 1. The second-order valence-electron chi connectivity index (χ2n) is 16.0. The Labute approximate surface area is 362 Å². The maximum atomic E-state index is 14.6. The molecule has 2 fully saturated rings. The largest absolute Gasteiger partial charge is 0.508 e. The number of aliphatic hydroxyl groups excluding tert-OH is 3. The van der Waals surface area contributed by atoms with Gasteiger partial charge in [0.25, 0.3) is 0 Å². The van der Waals surface area contributed by atoms with Gasteiger partial charge >= 0.3 is 0 Å². The van der Waals surface area contributed by atoms with Crippen molar-refractivity contribution in [1.29, 1.82) is 0 Å². The maximum absolute atomic E-state index is 14.6. The number of H-pyrrole nitrogens is 1. The Morgan fingerprint density at radius 3 is 1.94 bits per heavy atom. The standard InChI is InChI=1S/C42H55N9O12/c1-21(2)34-40(61)50-35(22(3)54)41(62)45-28(16-24-17-43-27-8-5-4-7-26(24)27)37(58)46-29(15-23-10-12-25(55)13-11-23)42(63)51-14-6-9-32(51)39(60)48-31(20-53)38(59)47-30(19-52)36(57)44-18-33(56)49-34/h4-5,7-8,10-13,17,21-22,28-32,34-35,43,52-55H,6,9,14-16,18-20H2,1-3H3,(H,44,57)(H,45,62)(H,46,58)(H,47,59)(H,48,60)(H,49,56)(H,50,61)/t22-,28+,29+,30+,31+,32+,34+,35+/m1/s1. The van der Waals surface area contributed by atoms with E-state index >= 15 is 0 Å². The molecule has 2 saturated heterocycles. The first-order valence-electron chi connectivity index (χ1n) is 20.6. The number of rotatable bonds is 8. The summed E-state index contributed by atoms with van der Waals surface area (Å²) in [6.45, 7) is 1.84. The lowest BCUT2D eigenvalue weighted by Gasteiger charge is -2.31. The topological polar surface area (TPSA) is 321 Å². The van der Waals surface area contributed by atoms with Crippen LogP contribution in [0.1, 0.15) is 44.7 Å². The Morgan fingerprint density at radius 1 is 0.667 bits per heavy atom. The first-order chi connectivity index (χ1) is 30.0. The number of fused-ring (bicyclic) bond motifs is 2. The fourth-order valence-corrected chi connectivity index (χ4v) is 7.46. The molecule has 0 radical (unpaired) electrons. The van der Waals surface area contributed by atoms with Gasteiger partial charge < -0.3 is 67.5 Å². The van der Waals surface area contributed by atoms with Crippen LogP contribution < -0.4 is 37.2 Å². The molecule has 0 spiro atoms. The van der Waals surface area contributed by atoms with Crippen LogP contribution in [-0.4, -0.2) is 152 Å². The fraction of sp³-hybridized carbons (Fsp3) is 0.476. The van der Waals surface area contributed by atoms with Crippen molar-refractivity contribution in [3.8, 4) is 5.75 Å². The number of carbonyl (C=O) groups excluding carboxylic acids is 8. The van der Waals surface area contributed by atoms with Gasteiger partial charge in [0.1, 0.15) is 48.0 Å². The van der Waals surface area contributed by atoms with Crippen molar-refractivity contribution in [3.05, 3.63) is 65.9 Å². The molecule has 0 bridgehead atoms. The van der Waals surface area contributed by atoms with E-state index in [4.69, 9.17) is 0 Å². The maximum Gasteiger partial charge on any atom is 0.246 e. The van der Waals surface area contributed by atoms with Crippen molar-refractivity contribution >= 4 is 58.2 Å². The lowest BCUT2D eigenvalue weighted by atomic mass is 10.00. The molecule has 12 N–H and O–H groups in total. The Morgan fingerprint density at radius 2 is 1.27 bits per heavy atom. The number of carbonyl (C=O) groups is 8. The number of hydrogen-bond donors (Lipinski definition) is 12. The number of hydrogen-bond acceptors (Lipinski definition) is 12. The van der Waals surface area contributed by atoms with Crippen molar-refractivity contribution in [3.63, 3.8) is 0 Å². The van der Waals surface area contributed by atoms with Gasteiger partial charge in [-0.05, 0) is 55.0 Å². The van der Waals surface area contributed by atoms with Gasteiger partial charge in [-0.3, -0.25) is 38.4 Å². The van der Waals surface area contributed by atoms with E-state index < -0.39 is 121 Å². The highest BCUT2D eigenvalue weighted by Gasteiger charge is 2.41. The van der Waals surface area contributed by atoms with Crippen molar-refractivity contribution in [2.45, 2.75) is 94.9 Å². The summed E-state index contributed by atoms with van der Waals surface area (Å²) in [7, 11) is 0. The normalized spacial score (nSPS) is 25.8. The average Bonchev–Trinajstić information content (AvgIpc) is 3.92. The third-order valence-corrected chi connectivity index (χ3v) is 10.9. The molecule has 8 amide bonds. The summed E-state index contributed by atoms with van der Waals surface area (Å²) in [4.78, 5) is 114. The second kappa shape index (κ2) is 21.5. The molecule has 0 unspecified atom stereocenters. The van der Waals surface area contributed by atoms with Crippen molar-refractivity contribution < 1.29 is 58.8 Å². The van der Waals surface area contributed by atoms with E-state index in [9.17, 15) is 58.8 Å². The summed E-state index contributed by atoms with van der Waals surface area (Å²) in [5.74, 6) is -7.90. The number of benzene rings is 2. The third kappa shape index (κ3) is 12.1. The van der Waals surface area contributed by atoms with E-state index in [1.54, 1.807) is 38.2 Å². The van der Waals surface area contributed by atoms with Gasteiger partial charge in [-0.15, -0.1) is 0 Å². The molecule has 3 heterocycles. The SMILES string of the molecule is CC(C)[C@@H]1NC(=O)CNC(=O)[C@H](CO)NC(=O)[C@H](CO)NC(=O)[C@@H]2CCCN2C(=O)[C@H](Cc2ccc(O)cc2)NC(=O)[C@H](Cc2c[nH]c3ccccc23)NC(=O)[C@H]([C@@H](C)O)NC1=O. The predicted octanol–water partition coefficient (Wildman–Crippen LogP) is -3.29. The van der Waals surface area contributed by atoms with Gasteiger partial charge in [0, 0.05) is 36.5 Å². The van der Waals surface area contributed by atoms with E-state index in [2.05, 4.69) is 42.2 Å². The summed E-state index contributed by atoms with van der Waals surface area (Å²) in [5, 5.41) is 58.7. The monoisotopic (exact) mass is 877 g/mol. The van der Waals surface area contributed by atoms with E-state index in [1.165, 1.54) is 36.1 Å². The highest BCUT2D eigenvalue weighted by molar-refractivity contribution is 5.99. The van der Waals surface area contributed by atoms with Crippen LogP contribution in [0.25, 0.3) is 10.9 Å². The van der Waals surface area contributed by atoms with Crippen molar-refractivity contribution in [2.24, 2.45) is 5.92 Å². The molecule has 340 valence electrons. The number of phenolic OH excluding ortho intramolecular Hbond substituents is 1. The molecule has 5 rings (SSSR count). The zero-order valence-corrected chi connectivity index (χ0v) is 35.1. The molecule has 21 heteroatoms. The highest BCUT2D eigenvalue weighted by atomic mass is 16.3. The van der Waals surface area contributed by atoms with Crippen molar-refractivity contribution in [1.82, 2.24) is 47.1 Å². The molecule has 21 nitrogen and oxygen atoms in total. The second-order valence-corrected chi connectivity index (χ2v) is 16.0. The molecule has 63 heavy (non-hydrogen) atoms. The minimum atomic E-state index is -1.67. The van der Waals surface area contributed by atoms with Gasteiger partial charge in [-0.25, -0.2) is 0 Å². The molecular formula is C42H55N9O12. The van der Waals surface area contributed by atoms with Gasteiger partial charge in [0.2, 0.25) is 47.3 Å². The molecule has 0 saturated carbocycles. The van der Waals surface area contributed by atoms with Gasteiger partial charge in [-0.1, -0.05) is 44.2 Å². The average molecular weight is 878 g/mol. The number of nitrogens with one attached hydrogen (secondary N) is 8. The van der Waals surface area contributed by atoms with Crippen molar-refractivity contribution in [2.75, 3.05) is 26.3 Å². The van der Waals surface area contributed by atoms with Gasteiger partial charge in [0.05, 0.1) is 25.9 Å². The van der Waals surface area contributed by atoms with Gasteiger partial charge in [0.15, 0.2) is 0 Å². The van der Waals surface area contributed by atoms with Crippen LogP contribution in [-0.2, 0) is 51.2 Å². The minimum Gasteiger partial charge on any atom is -0.508 e. The fourth-order valence-electron chi connectivity index (χ4n) is 7.46. The third-order valence-electron chi connectivity index (χ3n) is 10.9. The summed E-state index contributed by atoms with van der Waals surface area (Å²) < 4.78 is 0. The van der Waals surface area contributed by atoms with Crippen LogP contribution in [0.2, 0.25) is 0 Å². The lowest BCUT2D eigenvalue weighted by Crippen LogP contribution is -2.62. The Balaban J connectivity index is 1.55. The van der Waals surface area contributed by atoms with E-state index in [0.29, 0.717) is 17.5 Å².